The topological polar surface area (TPSA) is 115 Å². The molecule has 1 aliphatic heterocycles. The van der Waals surface area contributed by atoms with Gasteiger partial charge in [-0.2, -0.15) is 0 Å². The maximum absolute atomic E-state index is 13.5. The number of rotatable bonds is 9. The van der Waals surface area contributed by atoms with E-state index < -0.39 is 23.5 Å². The summed E-state index contributed by atoms with van der Waals surface area (Å²) in [5.74, 6) is -1.09. The molecule has 1 aliphatic rings. The molecule has 1 saturated heterocycles. The molecule has 1 fully saturated rings. The second-order valence-electron chi connectivity index (χ2n) is 8.63. The zero-order chi connectivity index (χ0) is 28.3. The van der Waals surface area contributed by atoms with Crippen molar-refractivity contribution >= 4 is 29.1 Å². The van der Waals surface area contributed by atoms with Crippen LogP contribution in [0.2, 0.25) is 5.02 Å². The number of ether oxygens (including phenoxy) is 4. The number of amides is 1. The third-order valence-electron chi connectivity index (χ3n) is 6.36. The highest BCUT2D eigenvalue weighted by Gasteiger charge is 2.46. The normalized spacial score (nSPS) is 16.3. The van der Waals surface area contributed by atoms with E-state index in [1.54, 1.807) is 43.3 Å². The summed E-state index contributed by atoms with van der Waals surface area (Å²) in [6, 6.07) is 13.5. The number of carbonyl (C=O) groups is 2. The van der Waals surface area contributed by atoms with E-state index in [2.05, 4.69) is 0 Å². The lowest BCUT2D eigenvalue weighted by molar-refractivity contribution is -0.140. The van der Waals surface area contributed by atoms with Crippen molar-refractivity contribution in [3.8, 4) is 28.7 Å². The molecule has 0 aromatic heterocycles. The number of carbonyl (C=O) groups excluding carboxylic acids is 2. The van der Waals surface area contributed by atoms with Gasteiger partial charge in [0.2, 0.25) is 0 Å². The molecule has 3 aromatic carbocycles. The molecule has 4 rings (SSSR count). The predicted octanol–water partition coefficient (Wildman–Crippen LogP) is 5.09. The Labute approximate surface area is 230 Å². The van der Waals surface area contributed by atoms with Gasteiger partial charge in [0.25, 0.3) is 11.7 Å². The number of aliphatic hydroxyl groups excluding tert-OH is 1. The summed E-state index contributed by atoms with van der Waals surface area (Å²) in [5.41, 5.74) is 1.10. The molecule has 9 nitrogen and oxygen atoms in total. The Morgan fingerprint density at radius 1 is 0.949 bits per heavy atom. The van der Waals surface area contributed by atoms with Gasteiger partial charge in [0.05, 0.1) is 50.1 Å². The van der Waals surface area contributed by atoms with Crippen LogP contribution in [0.15, 0.2) is 60.2 Å². The molecule has 39 heavy (non-hydrogen) atoms. The zero-order valence-corrected chi connectivity index (χ0v) is 22.6. The number of halogens is 1. The summed E-state index contributed by atoms with van der Waals surface area (Å²) in [5, 5.41) is 22.1. The van der Waals surface area contributed by atoms with Crippen LogP contribution in [-0.4, -0.2) is 54.7 Å². The van der Waals surface area contributed by atoms with E-state index in [1.165, 1.54) is 44.4 Å². The second kappa shape index (κ2) is 11.6. The van der Waals surface area contributed by atoms with Gasteiger partial charge in [-0.25, -0.2) is 0 Å². The van der Waals surface area contributed by atoms with E-state index in [0.717, 1.165) is 0 Å². The Balaban J connectivity index is 1.94. The second-order valence-corrected chi connectivity index (χ2v) is 9.03. The van der Waals surface area contributed by atoms with E-state index in [4.69, 9.17) is 30.5 Å². The van der Waals surface area contributed by atoms with Crippen molar-refractivity contribution in [3.63, 3.8) is 0 Å². The molecule has 0 saturated carbocycles. The van der Waals surface area contributed by atoms with Gasteiger partial charge in [-0.1, -0.05) is 29.8 Å². The standard InChI is InChI=1S/C29H28ClNO8/c1-5-39-24-12-17(9-10-21(24)32)26-25(27(33)19-13-23(38-4)20(30)14-22(19)37-3)28(34)29(35)31(26)15-16-7-6-8-18(11-16)36-2/h6-14,26,32-33H,5,15H2,1-4H3/b27-25+. The number of Topliss-reactive ketones (excluding diaryl/α,β-unsaturated/α-hetero) is 1. The number of phenols is 1. The first-order valence-electron chi connectivity index (χ1n) is 12.0. The molecule has 1 unspecified atom stereocenters. The lowest BCUT2D eigenvalue weighted by atomic mass is 9.94. The van der Waals surface area contributed by atoms with Crippen molar-refractivity contribution in [2.75, 3.05) is 27.9 Å². The van der Waals surface area contributed by atoms with Gasteiger partial charge >= 0.3 is 0 Å². The monoisotopic (exact) mass is 553 g/mol. The summed E-state index contributed by atoms with van der Waals surface area (Å²) >= 11 is 6.24. The number of methoxy groups -OCH3 is 3. The lowest BCUT2D eigenvalue weighted by Gasteiger charge is -2.26. The fourth-order valence-electron chi connectivity index (χ4n) is 4.52. The number of aromatic hydroxyl groups is 1. The highest BCUT2D eigenvalue weighted by Crippen LogP contribution is 2.45. The molecule has 1 amide bonds. The third kappa shape index (κ3) is 5.31. The molecule has 0 aliphatic carbocycles. The van der Waals surface area contributed by atoms with E-state index in [0.29, 0.717) is 16.9 Å². The Kier molecular flexibility index (Phi) is 8.21. The quantitative estimate of drug-likeness (QED) is 0.214. The van der Waals surface area contributed by atoms with Gasteiger partial charge in [-0.15, -0.1) is 0 Å². The molecule has 1 atom stereocenters. The van der Waals surface area contributed by atoms with Gasteiger partial charge < -0.3 is 34.1 Å². The first-order chi connectivity index (χ1) is 18.7. The van der Waals surface area contributed by atoms with Crippen molar-refractivity contribution in [2.45, 2.75) is 19.5 Å². The average molecular weight is 554 g/mol. The summed E-state index contributed by atoms with van der Waals surface area (Å²) in [4.78, 5) is 28.3. The molecule has 10 heteroatoms. The maximum atomic E-state index is 13.5. The Morgan fingerprint density at radius 2 is 1.69 bits per heavy atom. The predicted molar refractivity (Wildman–Crippen MR) is 145 cm³/mol. The molecule has 1 heterocycles. The highest BCUT2D eigenvalue weighted by molar-refractivity contribution is 6.46. The number of likely N-dealkylation sites (tertiary alicyclic amines) is 1. The van der Waals surface area contributed by atoms with Crippen LogP contribution in [0.25, 0.3) is 5.76 Å². The Hall–Kier alpha value is -4.37. The van der Waals surface area contributed by atoms with Crippen LogP contribution in [0.3, 0.4) is 0 Å². The number of ketones is 1. The van der Waals surface area contributed by atoms with E-state index >= 15 is 0 Å². The lowest BCUT2D eigenvalue weighted by Crippen LogP contribution is -2.29. The van der Waals surface area contributed by atoms with Crippen molar-refractivity contribution in [2.24, 2.45) is 0 Å². The summed E-state index contributed by atoms with van der Waals surface area (Å²) in [6.45, 7) is 2.08. The molecule has 2 N–H and O–H groups in total. The average Bonchev–Trinajstić information content (AvgIpc) is 3.18. The number of hydrogen-bond donors (Lipinski definition) is 2. The first kappa shape index (κ1) is 27.7. The van der Waals surface area contributed by atoms with Crippen LogP contribution in [0.5, 0.6) is 28.7 Å². The minimum Gasteiger partial charge on any atom is -0.507 e. The van der Waals surface area contributed by atoms with Crippen molar-refractivity contribution in [1.82, 2.24) is 4.90 Å². The number of phenolic OH excluding ortho intramolecular Hbond substituents is 1. The van der Waals surface area contributed by atoms with Crippen LogP contribution in [0, 0.1) is 0 Å². The molecule has 204 valence electrons. The van der Waals surface area contributed by atoms with Gasteiger partial charge in [-0.3, -0.25) is 9.59 Å². The van der Waals surface area contributed by atoms with Crippen LogP contribution in [0.4, 0.5) is 0 Å². The number of benzene rings is 3. The third-order valence-corrected chi connectivity index (χ3v) is 6.65. The van der Waals surface area contributed by atoms with Crippen LogP contribution >= 0.6 is 11.6 Å². The summed E-state index contributed by atoms with van der Waals surface area (Å²) in [7, 11) is 4.34. The SMILES string of the molecule is CCOc1cc(C2/C(=C(\O)c3cc(OC)c(Cl)cc3OC)C(=O)C(=O)N2Cc2cccc(OC)c2)ccc1O. The number of nitrogens with zero attached hydrogens (tertiary/aromatic N) is 1. The molecular formula is C29H28ClNO8. The van der Waals surface area contributed by atoms with Gasteiger partial charge in [-0.05, 0) is 48.4 Å². The fourth-order valence-corrected chi connectivity index (χ4v) is 4.75. The van der Waals surface area contributed by atoms with Gasteiger partial charge in [0, 0.05) is 12.6 Å². The molecular weight excluding hydrogens is 526 g/mol. The molecule has 0 spiro atoms. The molecule has 0 bridgehead atoms. The fraction of sp³-hybridized carbons (Fsp3) is 0.241. The van der Waals surface area contributed by atoms with E-state index in [1.807, 2.05) is 0 Å². The van der Waals surface area contributed by atoms with Crippen LogP contribution in [0.1, 0.15) is 29.7 Å². The minimum atomic E-state index is -1.03. The summed E-state index contributed by atoms with van der Waals surface area (Å²) in [6.07, 6.45) is 0. The van der Waals surface area contributed by atoms with Crippen molar-refractivity contribution < 1.29 is 38.7 Å². The highest BCUT2D eigenvalue weighted by atomic mass is 35.5. The van der Waals surface area contributed by atoms with E-state index in [-0.39, 0.29) is 52.3 Å². The van der Waals surface area contributed by atoms with Crippen molar-refractivity contribution in [3.05, 3.63) is 81.9 Å². The van der Waals surface area contributed by atoms with Crippen molar-refractivity contribution in [1.29, 1.82) is 0 Å². The largest absolute Gasteiger partial charge is 0.507 e. The van der Waals surface area contributed by atoms with Gasteiger partial charge in [0.1, 0.15) is 23.0 Å². The Morgan fingerprint density at radius 3 is 2.36 bits per heavy atom. The smallest absolute Gasteiger partial charge is 0.295 e. The summed E-state index contributed by atoms with van der Waals surface area (Å²) < 4.78 is 21.6. The first-order valence-corrected chi connectivity index (χ1v) is 12.4. The van der Waals surface area contributed by atoms with Crippen LogP contribution in [-0.2, 0) is 16.1 Å². The van der Waals surface area contributed by atoms with Crippen LogP contribution < -0.4 is 18.9 Å². The minimum absolute atomic E-state index is 0.0368. The Bertz CT molecular complexity index is 1450. The molecule has 0 radical (unpaired) electrons. The maximum Gasteiger partial charge on any atom is 0.295 e. The molecule has 3 aromatic rings. The van der Waals surface area contributed by atoms with Gasteiger partial charge in [0.15, 0.2) is 11.5 Å². The number of aliphatic hydroxyl groups is 1. The number of hydrogen-bond acceptors (Lipinski definition) is 8. The zero-order valence-electron chi connectivity index (χ0n) is 21.9. The van der Waals surface area contributed by atoms with E-state index in [9.17, 15) is 19.8 Å².